The van der Waals surface area contributed by atoms with Gasteiger partial charge in [0.15, 0.2) is 5.96 Å². The zero-order valence-corrected chi connectivity index (χ0v) is 16.8. The van der Waals surface area contributed by atoms with E-state index in [0.717, 1.165) is 44.6 Å². The van der Waals surface area contributed by atoms with E-state index in [0.29, 0.717) is 12.7 Å². The van der Waals surface area contributed by atoms with Crippen LogP contribution in [0.15, 0.2) is 4.99 Å². The SMILES string of the molecule is CN=C(NCCCC1CCCC1)NCCOCC1CCCO1.I. The minimum absolute atomic E-state index is 0. The summed E-state index contributed by atoms with van der Waals surface area (Å²) in [6.07, 6.45) is 11.0. The Balaban J connectivity index is 0.00000264. The standard InChI is InChI=1S/C17H33N3O2.HI/c1-18-17(19-10-4-8-15-6-2-3-7-15)20-11-13-21-14-16-9-5-12-22-16;/h15-16H,2-14H2,1H3,(H2,18,19,20);1H. The van der Waals surface area contributed by atoms with Crippen LogP contribution in [-0.4, -0.2) is 52.0 Å². The summed E-state index contributed by atoms with van der Waals surface area (Å²) >= 11 is 0. The summed E-state index contributed by atoms with van der Waals surface area (Å²) in [5.74, 6) is 1.86. The maximum Gasteiger partial charge on any atom is 0.191 e. The lowest BCUT2D eigenvalue weighted by Gasteiger charge is -2.14. The number of guanidine groups is 1. The first kappa shape index (κ1) is 21.0. The van der Waals surface area contributed by atoms with E-state index in [1.54, 1.807) is 0 Å². The Hall–Kier alpha value is -0.0800. The van der Waals surface area contributed by atoms with Gasteiger partial charge in [-0.15, -0.1) is 24.0 Å². The van der Waals surface area contributed by atoms with Gasteiger partial charge < -0.3 is 20.1 Å². The molecule has 1 saturated carbocycles. The van der Waals surface area contributed by atoms with Crippen molar-refractivity contribution in [3.8, 4) is 0 Å². The molecule has 2 N–H and O–H groups in total. The molecule has 5 nitrogen and oxygen atoms in total. The van der Waals surface area contributed by atoms with Crippen LogP contribution in [0.4, 0.5) is 0 Å². The topological polar surface area (TPSA) is 54.9 Å². The molecule has 1 saturated heterocycles. The van der Waals surface area contributed by atoms with Crippen molar-refractivity contribution in [3.05, 3.63) is 0 Å². The molecule has 0 aromatic carbocycles. The van der Waals surface area contributed by atoms with Crippen LogP contribution >= 0.6 is 24.0 Å². The summed E-state index contributed by atoms with van der Waals surface area (Å²) in [6, 6.07) is 0. The molecule has 0 aromatic heterocycles. The molecular weight excluding hydrogens is 405 g/mol. The van der Waals surface area contributed by atoms with Crippen molar-refractivity contribution in [1.29, 1.82) is 0 Å². The highest BCUT2D eigenvalue weighted by Crippen LogP contribution is 2.28. The van der Waals surface area contributed by atoms with Crippen molar-refractivity contribution in [2.75, 3.05) is 40.0 Å². The average molecular weight is 439 g/mol. The molecule has 6 heteroatoms. The van der Waals surface area contributed by atoms with Crippen LogP contribution in [0.25, 0.3) is 0 Å². The molecule has 1 aliphatic carbocycles. The first-order chi connectivity index (χ1) is 10.9. The molecule has 1 heterocycles. The zero-order valence-electron chi connectivity index (χ0n) is 14.5. The zero-order chi connectivity index (χ0) is 15.5. The lowest BCUT2D eigenvalue weighted by molar-refractivity contribution is 0.0191. The number of nitrogens with zero attached hydrogens (tertiary/aromatic N) is 1. The highest BCUT2D eigenvalue weighted by atomic mass is 127. The average Bonchev–Trinajstić information content (AvgIpc) is 3.22. The monoisotopic (exact) mass is 439 g/mol. The number of hydrogen-bond donors (Lipinski definition) is 2. The maximum atomic E-state index is 5.64. The van der Waals surface area contributed by atoms with Crippen molar-refractivity contribution in [2.45, 2.75) is 57.5 Å². The van der Waals surface area contributed by atoms with Crippen LogP contribution in [0.5, 0.6) is 0 Å². The summed E-state index contributed by atoms with van der Waals surface area (Å²) in [5, 5.41) is 6.68. The molecule has 0 bridgehead atoms. The minimum atomic E-state index is 0. The molecule has 2 rings (SSSR count). The molecule has 0 spiro atoms. The van der Waals surface area contributed by atoms with E-state index in [-0.39, 0.29) is 24.0 Å². The second-order valence-corrected chi connectivity index (χ2v) is 6.43. The summed E-state index contributed by atoms with van der Waals surface area (Å²) < 4.78 is 11.2. The van der Waals surface area contributed by atoms with E-state index in [2.05, 4.69) is 15.6 Å². The van der Waals surface area contributed by atoms with E-state index in [4.69, 9.17) is 9.47 Å². The molecule has 1 unspecified atom stereocenters. The third-order valence-electron chi connectivity index (χ3n) is 4.65. The first-order valence-electron chi connectivity index (χ1n) is 9.02. The van der Waals surface area contributed by atoms with Gasteiger partial charge in [-0.1, -0.05) is 25.7 Å². The van der Waals surface area contributed by atoms with Crippen LogP contribution < -0.4 is 10.6 Å². The lowest BCUT2D eigenvalue weighted by atomic mass is 10.0. The van der Waals surface area contributed by atoms with Crippen LogP contribution in [-0.2, 0) is 9.47 Å². The summed E-state index contributed by atoms with van der Waals surface area (Å²) in [7, 11) is 1.82. The largest absolute Gasteiger partial charge is 0.377 e. The van der Waals surface area contributed by atoms with E-state index in [1.807, 2.05) is 7.05 Å². The molecule has 2 aliphatic rings. The number of halogens is 1. The molecule has 0 aromatic rings. The maximum absolute atomic E-state index is 5.64. The molecular formula is C17H34IN3O2. The van der Waals surface area contributed by atoms with Crippen LogP contribution in [0.1, 0.15) is 51.4 Å². The molecule has 2 fully saturated rings. The fourth-order valence-electron chi connectivity index (χ4n) is 3.35. The number of hydrogen-bond acceptors (Lipinski definition) is 3. The molecule has 136 valence electrons. The second kappa shape index (κ2) is 13.2. The molecule has 1 aliphatic heterocycles. The van der Waals surface area contributed by atoms with Crippen molar-refractivity contribution in [3.63, 3.8) is 0 Å². The Morgan fingerprint density at radius 3 is 2.61 bits per heavy atom. The smallest absolute Gasteiger partial charge is 0.191 e. The van der Waals surface area contributed by atoms with Crippen LogP contribution in [0, 0.1) is 5.92 Å². The Morgan fingerprint density at radius 2 is 1.91 bits per heavy atom. The minimum Gasteiger partial charge on any atom is -0.377 e. The van der Waals surface area contributed by atoms with Crippen molar-refractivity contribution >= 4 is 29.9 Å². The Bertz CT molecular complexity index is 317. The van der Waals surface area contributed by atoms with E-state index in [9.17, 15) is 0 Å². The van der Waals surface area contributed by atoms with Gasteiger partial charge in [0.05, 0.1) is 19.3 Å². The Labute approximate surface area is 158 Å². The van der Waals surface area contributed by atoms with Gasteiger partial charge >= 0.3 is 0 Å². The van der Waals surface area contributed by atoms with Crippen molar-refractivity contribution in [1.82, 2.24) is 10.6 Å². The van der Waals surface area contributed by atoms with Gasteiger partial charge in [-0.25, -0.2) is 0 Å². The third kappa shape index (κ3) is 9.10. The fourth-order valence-corrected chi connectivity index (χ4v) is 3.35. The van der Waals surface area contributed by atoms with E-state index >= 15 is 0 Å². The van der Waals surface area contributed by atoms with Gasteiger partial charge in [0.25, 0.3) is 0 Å². The quantitative estimate of drug-likeness (QED) is 0.251. The van der Waals surface area contributed by atoms with E-state index < -0.39 is 0 Å². The number of ether oxygens (including phenoxy) is 2. The van der Waals surface area contributed by atoms with Gasteiger partial charge in [-0.2, -0.15) is 0 Å². The summed E-state index contributed by atoms with van der Waals surface area (Å²) in [6.45, 7) is 4.10. The molecule has 23 heavy (non-hydrogen) atoms. The van der Waals surface area contributed by atoms with Gasteiger partial charge in [-0.3, -0.25) is 4.99 Å². The molecule has 1 atom stereocenters. The molecule has 0 amide bonds. The second-order valence-electron chi connectivity index (χ2n) is 6.43. The highest BCUT2D eigenvalue weighted by Gasteiger charge is 2.15. The first-order valence-corrected chi connectivity index (χ1v) is 9.02. The number of rotatable bonds is 9. The number of aliphatic imine (C=N–C) groups is 1. The van der Waals surface area contributed by atoms with Crippen molar-refractivity contribution < 1.29 is 9.47 Å². The van der Waals surface area contributed by atoms with Crippen LogP contribution in [0.2, 0.25) is 0 Å². The van der Waals surface area contributed by atoms with Gasteiger partial charge in [0.2, 0.25) is 0 Å². The normalized spacial score (nSPS) is 22.1. The van der Waals surface area contributed by atoms with Gasteiger partial charge in [-0.05, 0) is 31.6 Å². The summed E-state index contributed by atoms with van der Waals surface area (Å²) in [5.41, 5.74) is 0. The third-order valence-corrected chi connectivity index (χ3v) is 4.65. The fraction of sp³-hybridized carbons (Fsp3) is 0.941. The lowest BCUT2D eigenvalue weighted by Crippen LogP contribution is -2.39. The van der Waals surface area contributed by atoms with Crippen LogP contribution in [0.3, 0.4) is 0 Å². The predicted molar refractivity (Wildman–Crippen MR) is 106 cm³/mol. The van der Waals surface area contributed by atoms with Gasteiger partial charge in [0.1, 0.15) is 0 Å². The Morgan fingerprint density at radius 1 is 1.13 bits per heavy atom. The summed E-state index contributed by atoms with van der Waals surface area (Å²) in [4.78, 5) is 4.25. The van der Waals surface area contributed by atoms with Crippen molar-refractivity contribution in [2.24, 2.45) is 10.9 Å². The molecule has 0 radical (unpaired) electrons. The van der Waals surface area contributed by atoms with E-state index in [1.165, 1.54) is 44.9 Å². The predicted octanol–water partition coefficient (Wildman–Crippen LogP) is 2.94. The van der Waals surface area contributed by atoms with Gasteiger partial charge in [0, 0.05) is 26.7 Å². The highest BCUT2D eigenvalue weighted by molar-refractivity contribution is 14.0. The number of nitrogens with one attached hydrogen (secondary N) is 2. The Kier molecular flexibility index (Phi) is 12.1.